The number of nitrogens with zero attached hydrogens (tertiary/aromatic N) is 3. The van der Waals surface area contributed by atoms with Crippen LogP contribution in [0.2, 0.25) is 0 Å². The quantitative estimate of drug-likeness (QED) is 0.532. The number of halogens is 3. The van der Waals surface area contributed by atoms with Gasteiger partial charge in [0.05, 0.1) is 6.54 Å². The van der Waals surface area contributed by atoms with E-state index < -0.39 is 18.8 Å². The van der Waals surface area contributed by atoms with Gasteiger partial charge >= 0.3 is 6.18 Å². The van der Waals surface area contributed by atoms with Gasteiger partial charge in [0.2, 0.25) is 0 Å². The minimum absolute atomic E-state index is 0.227. The predicted molar refractivity (Wildman–Crippen MR) is 122 cm³/mol. The van der Waals surface area contributed by atoms with Gasteiger partial charge in [0.1, 0.15) is 11.0 Å². The van der Waals surface area contributed by atoms with Crippen LogP contribution in [0.15, 0.2) is 30.5 Å². The highest BCUT2D eigenvalue weighted by atomic mass is 32.1. The molecule has 0 radical (unpaired) electrons. The van der Waals surface area contributed by atoms with Gasteiger partial charge in [0, 0.05) is 46.8 Å². The maximum atomic E-state index is 13.5. The van der Waals surface area contributed by atoms with E-state index in [1.807, 2.05) is 31.3 Å². The number of H-pyrrole nitrogens is 1. The lowest BCUT2D eigenvalue weighted by molar-refractivity contribution is -0.155. The summed E-state index contributed by atoms with van der Waals surface area (Å²) in [5.74, 6) is 0.620. The number of rotatable bonds is 6. The Kier molecular flexibility index (Phi) is 5.80. The molecule has 2 atom stereocenters. The van der Waals surface area contributed by atoms with Crippen LogP contribution in [0.5, 0.6) is 0 Å². The van der Waals surface area contributed by atoms with Crippen molar-refractivity contribution in [2.75, 3.05) is 26.2 Å². The van der Waals surface area contributed by atoms with E-state index in [1.165, 1.54) is 11.3 Å². The Bertz CT molecular complexity index is 1080. The predicted octanol–water partition coefficient (Wildman–Crippen LogP) is 5.41. The van der Waals surface area contributed by atoms with Gasteiger partial charge in [-0.3, -0.25) is 4.90 Å². The van der Waals surface area contributed by atoms with Crippen LogP contribution in [-0.4, -0.2) is 58.2 Å². The Morgan fingerprint density at radius 1 is 1.22 bits per heavy atom. The summed E-state index contributed by atoms with van der Waals surface area (Å²) >= 11 is 1.58. The Morgan fingerprint density at radius 3 is 2.75 bits per heavy atom. The molecule has 4 heterocycles. The Hall–Kier alpha value is -1.90. The zero-order chi connectivity index (χ0) is 22.5. The number of thiazole rings is 1. The van der Waals surface area contributed by atoms with Gasteiger partial charge < -0.3 is 9.88 Å². The van der Waals surface area contributed by atoms with E-state index in [9.17, 15) is 13.2 Å². The summed E-state index contributed by atoms with van der Waals surface area (Å²) < 4.78 is 40.6. The van der Waals surface area contributed by atoms with Crippen LogP contribution in [-0.2, 0) is 12.8 Å². The van der Waals surface area contributed by atoms with Gasteiger partial charge in [-0.15, -0.1) is 11.3 Å². The van der Waals surface area contributed by atoms with Crippen molar-refractivity contribution in [3.05, 3.63) is 51.6 Å². The molecule has 0 bridgehead atoms. The molecule has 0 aliphatic carbocycles. The van der Waals surface area contributed by atoms with Crippen molar-refractivity contribution >= 4 is 22.2 Å². The number of aromatic amines is 1. The number of para-hydroxylation sites is 1. The lowest BCUT2D eigenvalue weighted by Crippen LogP contribution is -2.47. The highest BCUT2D eigenvalue weighted by molar-refractivity contribution is 7.11. The molecule has 32 heavy (non-hydrogen) atoms. The molecule has 172 valence electrons. The standard InChI is InChI=1S/C24H29F3N4S/c1-3-8-30-12-16(13-30)10-17-11-28-23(32-17)22-21-19(18-6-4-5-7-20(18)29-21)9-15(2)31(22)14-24(25,26)27/h4-7,11,15-16,22,29H,3,8-10,12-14H2,1-2H3/t15-,22+/m1/s1. The van der Waals surface area contributed by atoms with Crippen molar-refractivity contribution in [3.63, 3.8) is 0 Å². The van der Waals surface area contributed by atoms with E-state index in [4.69, 9.17) is 0 Å². The van der Waals surface area contributed by atoms with E-state index in [0.29, 0.717) is 12.3 Å². The zero-order valence-electron chi connectivity index (χ0n) is 18.5. The molecule has 2 aliphatic rings. The first-order valence-electron chi connectivity index (χ1n) is 11.4. The second kappa shape index (κ2) is 8.47. The summed E-state index contributed by atoms with van der Waals surface area (Å²) in [6.45, 7) is 6.51. The zero-order valence-corrected chi connectivity index (χ0v) is 19.3. The summed E-state index contributed by atoms with van der Waals surface area (Å²) in [5.41, 5.74) is 2.97. The van der Waals surface area contributed by atoms with Crippen molar-refractivity contribution in [2.45, 2.75) is 51.4 Å². The van der Waals surface area contributed by atoms with Gasteiger partial charge in [-0.1, -0.05) is 25.1 Å². The minimum Gasteiger partial charge on any atom is -0.356 e. The van der Waals surface area contributed by atoms with Gasteiger partial charge in [0.25, 0.3) is 0 Å². The molecular formula is C24H29F3N4S. The monoisotopic (exact) mass is 462 g/mol. The fourth-order valence-electron chi connectivity index (χ4n) is 5.36. The highest BCUT2D eigenvalue weighted by Crippen LogP contribution is 2.43. The van der Waals surface area contributed by atoms with E-state index in [2.05, 4.69) is 27.9 Å². The first-order valence-corrected chi connectivity index (χ1v) is 12.2. The second-order valence-electron chi connectivity index (χ2n) is 9.30. The van der Waals surface area contributed by atoms with Crippen LogP contribution < -0.4 is 0 Å². The van der Waals surface area contributed by atoms with Crippen molar-refractivity contribution < 1.29 is 13.2 Å². The molecule has 1 N–H and O–H groups in total. The minimum atomic E-state index is -4.26. The third kappa shape index (κ3) is 4.20. The van der Waals surface area contributed by atoms with Crippen molar-refractivity contribution in [1.29, 1.82) is 0 Å². The van der Waals surface area contributed by atoms with Crippen LogP contribution in [0.3, 0.4) is 0 Å². The van der Waals surface area contributed by atoms with E-state index in [1.54, 1.807) is 16.2 Å². The summed E-state index contributed by atoms with van der Waals surface area (Å²) in [4.78, 5) is 13.3. The number of hydrogen-bond acceptors (Lipinski definition) is 4. The van der Waals surface area contributed by atoms with E-state index in [-0.39, 0.29) is 6.04 Å². The first kappa shape index (κ1) is 21.9. The first-order chi connectivity index (χ1) is 15.3. The molecule has 0 unspecified atom stereocenters. The maximum Gasteiger partial charge on any atom is 0.401 e. The number of alkyl halides is 3. The molecule has 5 rings (SSSR count). The van der Waals surface area contributed by atoms with Crippen LogP contribution >= 0.6 is 11.3 Å². The molecule has 1 aromatic carbocycles. The van der Waals surface area contributed by atoms with Crippen LogP contribution in [0.4, 0.5) is 13.2 Å². The van der Waals surface area contributed by atoms with Gasteiger partial charge in [-0.2, -0.15) is 13.2 Å². The average molecular weight is 463 g/mol. The smallest absolute Gasteiger partial charge is 0.356 e. The fraction of sp³-hybridized carbons (Fsp3) is 0.542. The number of hydrogen-bond donors (Lipinski definition) is 1. The molecule has 2 aliphatic heterocycles. The number of aromatic nitrogens is 2. The number of benzene rings is 1. The van der Waals surface area contributed by atoms with E-state index in [0.717, 1.165) is 53.2 Å². The third-order valence-electron chi connectivity index (χ3n) is 6.75. The van der Waals surface area contributed by atoms with Crippen LogP contribution in [0.1, 0.15) is 47.5 Å². The lowest BCUT2D eigenvalue weighted by Gasteiger charge is -2.40. The summed E-state index contributed by atoms with van der Waals surface area (Å²) in [7, 11) is 0. The van der Waals surface area contributed by atoms with Gasteiger partial charge in [0.15, 0.2) is 0 Å². The average Bonchev–Trinajstić information content (AvgIpc) is 3.30. The highest BCUT2D eigenvalue weighted by Gasteiger charge is 2.43. The molecule has 0 saturated carbocycles. The van der Waals surface area contributed by atoms with Crippen molar-refractivity contribution in [2.24, 2.45) is 5.92 Å². The summed E-state index contributed by atoms with van der Waals surface area (Å²) in [6, 6.07) is 7.27. The molecule has 0 amide bonds. The van der Waals surface area contributed by atoms with Gasteiger partial charge in [-0.25, -0.2) is 4.98 Å². The normalized spacial score (nSPS) is 22.9. The number of fused-ring (bicyclic) bond motifs is 3. The fourth-order valence-corrected chi connectivity index (χ4v) is 6.52. The number of nitrogens with one attached hydrogen (secondary N) is 1. The Morgan fingerprint density at radius 2 is 2.00 bits per heavy atom. The molecule has 1 saturated heterocycles. The molecule has 3 aromatic rings. The molecule has 1 fully saturated rings. The summed E-state index contributed by atoms with van der Waals surface area (Å²) in [6.07, 6.45) is 0.346. The molecule has 8 heteroatoms. The van der Waals surface area contributed by atoms with Crippen molar-refractivity contribution in [3.8, 4) is 0 Å². The van der Waals surface area contributed by atoms with E-state index >= 15 is 0 Å². The van der Waals surface area contributed by atoms with Crippen LogP contribution in [0.25, 0.3) is 10.9 Å². The molecule has 4 nitrogen and oxygen atoms in total. The number of likely N-dealkylation sites (tertiary alicyclic amines) is 1. The molecule has 2 aromatic heterocycles. The Balaban J connectivity index is 1.46. The third-order valence-corrected chi connectivity index (χ3v) is 7.82. The maximum absolute atomic E-state index is 13.5. The lowest BCUT2D eigenvalue weighted by atomic mass is 9.92. The van der Waals surface area contributed by atoms with Gasteiger partial charge in [-0.05, 0) is 50.3 Å². The largest absolute Gasteiger partial charge is 0.401 e. The SMILES string of the molecule is CCCN1CC(Cc2cnc([C@@H]3c4[nH]c5ccccc5c4C[C@@H](C)N3CC(F)(F)F)s2)C1. The summed E-state index contributed by atoms with van der Waals surface area (Å²) in [5, 5.41) is 1.86. The Labute approximate surface area is 190 Å². The van der Waals surface area contributed by atoms with Crippen molar-refractivity contribution in [1.82, 2.24) is 19.8 Å². The molecule has 0 spiro atoms. The van der Waals surface area contributed by atoms with Crippen LogP contribution in [0, 0.1) is 5.92 Å². The molecular weight excluding hydrogens is 433 g/mol. The second-order valence-corrected chi connectivity index (χ2v) is 10.4. The topological polar surface area (TPSA) is 35.2 Å².